The number of hydrogen-bond acceptors (Lipinski definition) is 0. The van der Waals surface area contributed by atoms with Crippen molar-refractivity contribution in [1.29, 1.82) is 0 Å². The van der Waals surface area contributed by atoms with Gasteiger partial charge in [0, 0.05) is 0 Å². The lowest BCUT2D eigenvalue weighted by Gasteiger charge is -2.25. The number of hydrogen-bond donors (Lipinski definition) is 0. The third-order valence-electron chi connectivity index (χ3n) is 10.9. The van der Waals surface area contributed by atoms with Crippen molar-refractivity contribution in [3.05, 3.63) is 157 Å². The topological polar surface area (TPSA) is 0 Å². The SMILES string of the molecule is CC(C)(C)c1ccc2c(-c3ccc4c5ccccc5c5ccccc5c4c3)c3cc(C(C)(C)C)ccc3c(-c3ccc4ccccc4c3)c2c1. The third-order valence-corrected chi connectivity index (χ3v) is 10.9. The second-order valence-electron chi connectivity index (χ2n) is 16.2. The molecule has 0 saturated heterocycles. The van der Waals surface area contributed by atoms with Crippen molar-refractivity contribution < 1.29 is 0 Å². The van der Waals surface area contributed by atoms with Gasteiger partial charge < -0.3 is 0 Å². The van der Waals surface area contributed by atoms with Gasteiger partial charge in [-0.1, -0.05) is 163 Å². The fourth-order valence-corrected chi connectivity index (χ4v) is 8.19. The Hall–Kier alpha value is -5.46. The highest BCUT2D eigenvalue weighted by molar-refractivity contribution is 6.27. The Morgan fingerprint density at radius 2 is 0.680 bits per heavy atom. The minimum atomic E-state index is 0.0120. The minimum Gasteiger partial charge on any atom is -0.0616 e. The molecule has 0 heteroatoms. The Bertz CT molecular complexity index is 2780. The maximum atomic E-state index is 2.48. The molecule has 0 fully saturated rings. The van der Waals surface area contributed by atoms with Crippen LogP contribution in [0.3, 0.4) is 0 Å². The molecule has 0 N–H and O–H groups in total. The summed E-state index contributed by atoms with van der Waals surface area (Å²) in [5, 5.41) is 15.6. The second kappa shape index (κ2) is 11.0. The van der Waals surface area contributed by atoms with Crippen molar-refractivity contribution in [2.75, 3.05) is 0 Å². The maximum Gasteiger partial charge on any atom is -0.00260 e. The molecule has 0 radical (unpaired) electrons. The smallest absolute Gasteiger partial charge is 0.00260 e. The van der Waals surface area contributed by atoms with Gasteiger partial charge in [-0.05, 0) is 133 Å². The van der Waals surface area contributed by atoms with Gasteiger partial charge in [-0.3, -0.25) is 0 Å². The van der Waals surface area contributed by atoms with Gasteiger partial charge in [0.2, 0.25) is 0 Å². The molecule has 50 heavy (non-hydrogen) atoms. The summed E-state index contributed by atoms with van der Waals surface area (Å²) in [6, 6.07) is 55.2. The highest BCUT2D eigenvalue weighted by atomic mass is 14.3. The fourth-order valence-electron chi connectivity index (χ4n) is 8.19. The van der Waals surface area contributed by atoms with E-state index in [4.69, 9.17) is 0 Å². The van der Waals surface area contributed by atoms with Crippen molar-refractivity contribution in [3.8, 4) is 22.3 Å². The van der Waals surface area contributed by atoms with Crippen molar-refractivity contribution in [1.82, 2.24) is 0 Å². The molecule has 0 bridgehead atoms. The van der Waals surface area contributed by atoms with Gasteiger partial charge in [0.05, 0.1) is 0 Å². The summed E-state index contributed by atoms with van der Waals surface area (Å²) in [4.78, 5) is 0. The Labute approximate surface area is 295 Å². The first-order valence-corrected chi connectivity index (χ1v) is 17.9. The molecule has 0 saturated carbocycles. The molecule has 0 heterocycles. The standard InChI is InChI=1S/C50H42/c1-49(2,3)35-23-26-43-45(29-35)47(33-20-19-31-13-7-8-14-32(31)27-33)42-25-22-36(50(4,5)6)30-46(42)48(43)34-21-24-41-39-17-10-9-15-37(39)38-16-11-12-18-40(38)44(41)28-34/h7-30H,1-6H3. The van der Waals surface area contributed by atoms with Gasteiger partial charge in [-0.15, -0.1) is 0 Å². The highest BCUT2D eigenvalue weighted by Crippen LogP contribution is 2.47. The first kappa shape index (κ1) is 30.6. The third kappa shape index (κ3) is 4.81. The molecule has 242 valence electrons. The first-order chi connectivity index (χ1) is 24.1. The number of rotatable bonds is 2. The zero-order valence-electron chi connectivity index (χ0n) is 29.9. The zero-order valence-corrected chi connectivity index (χ0v) is 29.9. The van der Waals surface area contributed by atoms with Crippen molar-refractivity contribution >= 4 is 64.6 Å². The molecule has 0 atom stereocenters. The largest absolute Gasteiger partial charge is 0.0616 e. The normalized spacial score (nSPS) is 12.6. The van der Waals surface area contributed by atoms with Crippen LogP contribution < -0.4 is 0 Å². The Kier molecular flexibility index (Phi) is 6.74. The second-order valence-corrected chi connectivity index (χ2v) is 16.2. The lowest BCUT2D eigenvalue weighted by atomic mass is 9.79. The molecule has 9 aromatic rings. The average Bonchev–Trinajstić information content (AvgIpc) is 3.12. The molecule has 0 spiro atoms. The van der Waals surface area contributed by atoms with Crippen LogP contribution in [-0.4, -0.2) is 0 Å². The molecule has 9 rings (SSSR count). The molecule has 9 aromatic carbocycles. The van der Waals surface area contributed by atoms with Crippen LogP contribution in [0.1, 0.15) is 52.7 Å². The summed E-state index contributed by atoms with van der Waals surface area (Å²) >= 11 is 0. The number of benzene rings is 9. The van der Waals surface area contributed by atoms with Gasteiger partial charge in [0.1, 0.15) is 0 Å². The van der Waals surface area contributed by atoms with Crippen molar-refractivity contribution in [2.24, 2.45) is 0 Å². The summed E-state index contributed by atoms with van der Waals surface area (Å²) in [6.45, 7) is 13.9. The van der Waals surface area contributed by atoms with Crippen LogP contribution in [-0.2, 0) is 10.8 Å². The summed E-state index contributed by atoms with van der Waals surface area (Å²) < 4.78 is 0. The summed E-state index contributed by atoms with van der Waals surface area (Å²) in [5.41, 5.74) is 7.86. The molecule has 0 aliphatic carbocycles. The minimum absolute atomic E-state index is 0.0120. The van der Waals surface area contributed by atoms with Crippen LogP contribution in [0.25, 0.3) is 86.9 Å². The zero-order chi connectivity index (χ0) is 34.4. The van der Waals surface area contributed by atoms with E-state index < -0.39 is 0 Å². The van der Waals surface area contributed by atoms with E-state index in [0.29, 0.717) is 0 Å². The quantitative estimate of drug-likeness (QED) is 0.130. The Balaban J connectivity index is 1.46. The molecule has 0 aliphatic heterocycles. The highest BCUT2D eigenvalue weighted by Gasteiger charge is 2.23. The monoisotopic (exact) mass is 642 g/mol. The molecule has 0 aliphatic rings. The molecule has 0 unspecified atom stereocenters. The molecular weight excluding hydrogens is 601 g/mol. The van der Waals surface area contributed by atoms with Crippen molar-refractivity contribution in [2.45, 2.75) is 52.4 Å². The van der Waals surface area contributed by atoms with Gasteiger partial charge in [-0.2, -0.15) is 0 Å². The van der Waals surface area contributed by atoms with Crippen LogP contribution in [0.5, 0.6) is 0 Å². The lowest BCUT2D eigenvalue weighted by molar-refractivity contribution is 0.590. The van der Waals surface area contributed by atoms with E-state index in [1.54, 1.807) is 0 Å². The summed E-state index contributed by atoms with van der Waals surface area (Å²) in [7, 11) is 0. The van der Waals surface area contributed by atoms with Gasteiger partial charge in [0.25, 0.3) is 0 Å². The van der Waals surface area contributed by atoms with E-state index in [2.05, 4.69) is 187 Å². The lowest BCUT2D eigenvalue weighted by Crippen LogP contribution is -2.11. The summed E-state index contributed by atoms with van der Waals surface area (Å²) in [6.07, 6.45) is 0. The fraction of sp³-hybridized carbons (Fsp3) is 0.160. The summed E-state index contributed by atoms with van der Waals surface area (Å²) in [5.74, 6) is 0. The predicted octanol–water partition coefficient (Wildman–Crippen LogP) is 14.5. The predicted molar refractivity (Wildman–Crippen MR) is 220 cm³/mol. The molecule has 0 nitrogen and oxygen atoms in total. The van der Waals surface area contributed by atoms with Gasteiger partial charge >= 0.3 is 0 Å². The molecular formula is C50H42. The van der Waals surface area contributed by atoms with Crippen LogP contribution in [0.4, 0.5) is 0 Å². The van der Waals surface area contributed by atoms with E-state index in [-0.39, 0.29) is 10.8 Å². The van der Waals surface area contributed by atoms with Crippen LogP contribution >= 0.6 is 0 Å². The number of fused-ring (bicyclic) bond motifs is 9. The van der Waals surface area contributed by atoms with E-state index in [0.717, 1.165) is 0 Å². The van der Waals surface area contributed by atoms with E-state index in [9.17, 15) is 0 Å². The molecule has 0 amide bonds. The van der Waals surface area contributed by atoms with E-state index in [1.165, 1.54) is 98.0 Å². The van der Waals surface area contributed by atoms with Gasteiger partial charge in [-0.25, -0.2) is 0 Å². The molecule has 0 aromatic heterocycles. The van der Waals surface area contributed by atoms with Gasteiger partial charge in [0.15, 0.2) is 0 Å². The first-order valence-electron chi connectivity index (χ1n) is 17.9. The maximum absolute atomic E-state index is 2.48. The van der Waals surface area contributed by atoms with E-state index >= 15 is 0 Å². The van der Waals surface area contributed by atoms with Crippen LogP contribution in [0.2, 0.25) is 0 Å². The van der Waals surface area contributed by atoms with Crippen molar-refractivity contribution in [3.63, 3.8) is 0 Å². The van der Waals surface area contributed by atoms with Crippen LogP contribution in [0.15, 0.2) is 146 Å². The Morgan fingerprint density at radius 1 is 0.280 bits per heavy atom. The van der Waals surface area contributed by atoms with Crippen LogP contribution in [0, 0.1) is 0 Å². The Morgan fingerprint density at radius 3 is 1.20 bits per heavy atom. The van der Waals surface area contributed by atoms with E-state index in [1.807, 2.05) is 0 Å². The average molecular weight is 643 g/mol.